The Kier molecular flexibility index (Phi) is 3.06. The summed E-state index contributed by atoms with van der Waals surface area (Å²) >= 11 is 0. The first-order valence-corrected chi connectivity index (χ1v) is 5.31. The van der Waals surface area contributed by atoms with Crippen molar-refractivity contribution in [2.75, 3.05) is 19.7 Å². The van der Waals surface area contributed by atoms with Crippen LogP contribution in [0, 0.1) is 10.1 Å². The number of amides is 1. The highest BCUT2D eigenvalue weighted by Gasteiger charge is 2.25. The Bertz CT molecular complexity index is 473. The Hall–Kier alpha value is -1.95. The van der Waals surface area contributed by atoms with Crippen LogP contribution in [-0.4, -0.2) is 40.5 Å². The second kappa shape index (κ2) is 4.50. The summed E-state index contributed by atoms with van der Waals surface area (Å²) in [5.41, 5.74) is 1.12. The van der Waals surface area contributed by atoms with Gasteiger partial charge in [-0.1, -0.05) is 6.07 Å². The highest BCUT2D eigenvalue weighted by Crippen LogP contribution is 2.23. The minimum Gasteiger partial charge on any atom is -0.395 e. The highest BCUT2D eigenvalue weighted by atomic mass is 16.6. The predicted molar refractivity (Wildman–Crippen MR) is 59.8 cm³/mol. The monoisotopic (exact) mass is 236 g/mol. The normalized spacial score (nSPS) is 14.6. The van der Waals surface area contributed by atoms with Gasteiger partial charge in [-0.3, -0.25) is 14.9 Å². The number of carbonyl (C=O) groups is 1. The van der Waals surface area contributed by atoms with Gasteiger partial charge in [0.2, 0.25) is 0 Å². The molecular weight excluding hydrogens is 224 g/mol. The number of non-ortho nitro benzene ring substituents is 1. The van der Waals surface area contributed by atoms with E-state index in [2.05, 4.69) is 0 Å². The van der Waals surface area contributed by atoms with Crippen LogP contribution in [0.25, 0.3) is 0 Å². The van der Waals surface area contributed by atoms with Gasteiger partial charge >= 0.3 is 0 Å². The number of benzene rings is 1. The van der Waals surface area contributed by atoms with Gasteiger partial charge in [0.15, 0.2) is 0 Å². The molecule has 1 N–H and O–H groups in total. The third-order valence-electron chi connectivity index (χ3n) is 2.84. The molecular formula is C11H12N2O4. The van der Waals surface area contributed by atoms with Gasteiger partial charge in [0.05, 0.1) is 11.5 Å². The van der Waals surface area contributed by atoms with Crippen LogP contribution in [0.5, 0.6) is 0 Å². The molecule has 0 aliphatic carbocycles. The summed E-state index contributed by atoms with van der Waals surface area (Å²) in [7, 11) is 0. The van der Waals surface area contributed by atoms with E-state index in [1.165, 1.54) is 17.0 Å². The smallest absolute Gasteiger partial charge is 0.270 e. The van der Waals surface area contributed by atoms with Gasteiger partial charge in [-0.2, -0.15) is 0 Å². The molecule has 6 heteroatoms. The molecule has 0 unspecified atom stereocenters. The van der Waals surface area contributed by atoms with E-state index in [4.69, 9.17) is 5.11 Å². The van der Waals surface area contributed by atoms with Crippen molar-refractivity contribution in [1.29, 1.82) is 0 Å². The van der Waals surface area contributed by atoms with Crippen molar-refractivity contribution < 1.29 is 14.8 Å². The summed E-state index contributed by atoms with van der Waals surface area (Å²) in [6.45, 7) is 0.709. The van der Waals surface area contributed by atoms with Crippen molar-refractivity contribution in [3.8, 4) is 0 Å². The summed E-state index contributed by atoms with van der Waals surface area (Å²) in [4.78, 5) is 23.6. The van der Waals surface area contributed by atoms with Crippen LogP contribution in [-0.2, 0) is 6.42 Å². The van der Waals surface area contributed by atoms with E-state index in [0.29, 0.717) is 18.5 Å². The zero-order valence-corrected chi connectivity index (χ0v) is 9.13. The van der Waals surface area contributed by atoms with E-state index in [0.717, 1.165) is 5.56 Å². The number of hydrogen-bond donors (Lipinski definition) is 1. The Balaban J connectivity index is 2.36. The maximum atomic E-state index is 12.0. The van der Waals surface area contributed by atoms with Gasteiger partial charge in [-0.15, -0.1) is 0 Å². The molecule has 1 aromatic carbocycles. The molecule has 1 amide bonds. The molecule has 0 bridgehead atoms. The predicted octanol–water partition coefficient (Wildman–Crippen LogP) is 0.585. The summed E-state index contributed by atoms with van der Waals surface area (Å²) in [6.07, 6.45) is 0.666. The van der Waals surface area contributed by atoms with Crippen molar-refractivity contribution in [2.24, 2.45) is 0 Å². The van der Waals surface area contributed by atoms with Gasteiger partial charge < -0.3 is 10.0 Å². The Morgan fingerprint density at radius 2 is 2.24 bits per heavy atom. The van der Waals surface area contributed by atoms with Crippen molar-refractivity contribution in [3.63, 3.8) is 0 Å². The lowest BCUT2D eigenvalue weighted by Gasteiger charge is -2.27. The molecule has 90 valence electrons. The highest BCUT2D eigenvalue weighted by molar-refractivity contribution is 5.97. The third-order valence-corrected chi connectivity index (χ3v) is 2.84. The number of rotatable bonds is 3. The van der Waals surface area contributed by atoms with Crippen LogP contribution in [0.3, 0.4) is 0 Å². The van der Waals surface area contributed by atoms with E-state index in [9.17, 15) is 14.9 Å². The number of aliphatic hydroxyl groups excluding tert-OH is 1. The van der Waals surface area contributed by atoms with Crippen molar-refractivity contribution in [1.82, 2.24) is 4.90 Å². The average molecular weight is 236 g/mol. The maximum Gasteiger partial charge on any atom is 0.270 e. The van der Waals surface area contributed by atoms with Crippen LogP contribution < -0.4 is 0 Å². The second-order valence-electron chi connectivity index (χ2n) is 3.86. The number of fused-ring (bicyclic) bond motifs is 1. The molecule has 1 aliphatic rings. The Morgan fingerprint density at radius 1 is 1.47 bits per heavy atom. The Morgan fingerprint density at radius 3 is 2.88 bits per heavy atom. The largest absolute Gasteiger partial charge is 0.395 e. The fourth-order valence-corrected chi connectivity index (χ4v) is 1.96. The number of β-amino-alcohol motifs (C(OH)–C–C–N with tert-alkyl or cyclic N) is 1. The molecule has 0 atom stereocenters. The van der Waals surface area contributed by atoms with E-state index in [1.54, 1.807) is 6.07 Å². The van der Waals surface area contributed by atoms with Crippen LogP contribution in [0.4, 0.5) is 5.69 Å². The first kappa shape index (κ1) is 11.5. The van der Waals surface area contributed by atoms with E-state index in [1.807, 2.05) is 0 Å². The quantitative estimate of drug-likeness (QED) is 0.614. The minimum absolute atomic E-state index is 0.0806. The molecule has 0 aromatic heterocycles. The van der Waals surface area contributed by atoms with Crippen LogP contribution >= 0.6 is 0 Å². The molecule has 0 fully saturated rings. The number of nitrogens with zero attached hydrogens (tertiary/aromatic N) is 2. The Labute approximate surface area is 97.6 Å². The van der Waals surface area contributed by atoms with Gasteiger partial charge in [-0.05, 0) is 12.0 Å². The number of hydrogen-bond acceptors (Lipinski definition) is 4. The van der Waals surface area contributed by atoms with Crippen molar-refractivity contribution in [3.05, 3.63) is 39.4 Å². The fourth-order valence-electron chi connectivity index (χ4n) is 1.96. The van der Waals surface area contributed by atoms with E-state index < -0.39 is 4.92 Å². The topological polar surface area (TPSA) is 83.7 Å². The van der Waals surface area contributed by atoms with Crippen LogP contribution in [0.2, 0.25) is 0 Å². The molecule has 0 saturated heterocycles. The number of nitro benzene ring substituents is 1. The third kappa shape index (κ3) is 2.12. The summed E-state index contributed by atoms with van der Waals surface area (Å²) < 4.78 is 0. The molecule has 0 radical (unpaired) electrons. The maximum absolute atomic E-state index is 12.0. The number of nitro groups is 1. The fraction of sp³-hybridized carbons (Fsp3) is 0.364. The average Bonchev–Trinajstić information content (AvgIpc) is 2.32. The molecule has 2 rings (SSSR count). The standard InChI is InChI=1S/C11H12N2O4/c14-6-5-12-4-3-8-1-2-9(13(16)17)7-10(8)11(12)15/h1-2,7,14H,3-6H2. The van der Waals surface area contributed by atoms with E-state index >= 15 is 0 Å². The van der Waals surface area contributed by atoms with Gasteiger partial charge in [0, 0.05) is 30.8 Å². The van der Waals surface area contributed by atoms with Crippen LogP contribution in [0.1, 0.15) is 15.9 Å². The molecule has 0 saturated carbocycles. The lowest BCUT2D eigenvalue weighted by molar-refractivity contribution is -0.384. The zero-order chi connectivity index (χ0) is 12.4. The SMILES string of the molecule is O=C1c2cc([N+](=O)[O-])ccc2CCN1CCO. The first-order valence-electron chi connectivity index (χ1n) is 5.31. The zero-order valence-electron chi connectivity index (χ0n) is 9.13. The van der Waals surface area contributed by atoms with Gasteiger partial charge in [-0.25, -0.2) is 0 Å². The summed E-state index contributed by atoms with van der Waals surface area (Å²) in [6, 6.07) is 4.34. The van der Waals surface area contributed by atoms with Gasteiger partial charge in [0.25, 0.3) is 11.6 Å². The minimum atomic E-state index is -0.515. The summed E-state index contributed by atoms with van der Waals surface area (Å²) in [5, 5.41) is 19.5. The number of carbonyl (C=O) groups excluding carboxylic acids is 1. The molecule has 0 spiro atoms. The molecule has 1 aliphatic heterocycles. The molecule has 1 heterocycles. The molecule has 17 heavy (non-hydrogen) atoms. The van der Waals surface area contributed by atoms with Gasteiger partial charge in [0.1, 0.15) is 0 Å². The summed E-state index contributed by atoms with van der Waals surface area (Å²) in [5.74, 6) is -0.246. The van der Waals surface area contributed by atoms with Crippen LogP contribution in [0.15, 0.2) is 18.2 Å². The molecule has 1 aromatic rings. The first-order chi connectivity index (χ1) is 8.13. The lowest BCUT2D eigenvalue weighted by atomic mass is 9.98. The van der Waals surface area contributed by atoms with Crippen molar-refractivity contribution >= 4 is 11.6 Å². The second-order valence-corrected chi connectivity index (χ2v) is 3.86. The number of aliphatic hydroxyl groups is 1. The van der Waals surface area contributed by atoms with E-state index in [-0.39, 0.29) is 24.7 Å². The van der Waals surface area contributed by atoms with Crippen molar-refractivity contribution in [2.45, 2.75) is 6.42 Å². The molecule has 6 nitrogen and oxygen atoms in total. The lowest BCUT2D eigenvalue weighted by Crippen LogP contribution is -2.39.